The van der Waals surface area contributed by atoms with Crippen LogP contribution >= 0.6 is 0 Å². The molecule has 0 spiro atoms. The van der Waals surface area contributed by atoms with Crippen molar-refractivity contribution < 1.29 is 4.79 Å². The van der Waals surface area contributed by atoms with Crippen LogP contribution < -0.4 is 4.90 Å². The van der Waals surface area contributed by atoms with Crippen LogP contribution in [0.15, 0.2) is 43.0 Å². The van der Waals surface area contributed by atoms with E-state index in [-0.39, 0.29) is 5.41 Å². The summed E-state index contributed by atoms with van der Waals surface area (Å²) >= 11 is 0. The fourth-order valence-corrected chi connectivity index (χ4v) is 5.69. The molecule has 1 heterocycles. The minimum atomic E-state index is -0.316. The third-order valence-electron chi connectivity index (χ3n) is 6.88. The number of anilines is 1. The van der Waals surface area contributed by atoms with Gasteiger partial charge in [-0.2, -0.15) is 0 Å². The van der Waals surface area contributed by atoms with Crippen molar-refractivity contribution in [2.45, 2.75) is 51.4 Å². The number of benzene rings is 2. The zero-order valence-corrected chi connectivity index (χ0v) is 18.0. The molecule has 1 saturated heterocycles. The van der Waals surface area contributed by atoms with Crippen LogP contribution in [0, 0.1) is 0 Å². The summed E-state index contributed by atoms with van der Waals surface area (Å²) in [4.78, 5) is 18.6. The van der Waals surface area contributed by atoms with E-state index >= 15 is 0 Å². The number of ketones is 1. The van der Waals surface area contributed by atoms with Crippen molar-refractivity contribution in [2.75, 3.05) is 37.6 Å². The van der Waals surface area contributed by atoms with Gasteiger partial charge in [0.2, 0.25) is 0 Å². The predicted molar refractivity (Wildman–Crippen MR) is 123 cm³/mol. The molecule has 1 aliphatic heterocycles. The molecule has 154 valence electrons. The van der Waals surface area contributed by atoms with E-state index < -0.39 is 0 Å². The molecule has 1 aliphatic carbocycles. The molecule has 0 radical (unpaired) electrons. The minimum absolute atomic E-state index is 0.316. The quantitative estimate of drug-likeness (QED) is 0.577. The molecule has 2 aromatic carbocycles. The van der Waals surface area contributed by atoms with Gasteiger partial charge >= 0.3 is 0 Å². The lowest BCUT2D eigenvalue weighted by molar-refractivity contribution is 0.0874. The standard InChI is InChI=1S/C26H34N2O/c1-4-13-26(14-5-2)22-11-12-23(20-9-7-10-21(24(20)22)25(26)29)28-17-8-16-27(15-6-3)18-19-28/h6-7,9-12H,3-5,8,13-19H2,1-2H3. The van der Waals surface area contributed by atoms with Crippen molar-refractivity contribution in [3.63, 3.8) is 0 Å². The molecule has 4 rings (SSSR count). The van der Waals surface area contributed by atoms with Crippen LogP contribution in [0.5, 0.6) is 0 Å². The molecular formula is C26H34N2O. The number of hydrogen-bond acceptors (Lipinski definition) is 3. The Bertz CT molecular complexity index is 910. The molecule has 1 fully saturated rings. The Kier molecular flexibility index (Phi) is 5.78. The SMILES string of the molecule is C=CCN1CCCN(c2ccc3c4c(cccc24)C(=O)C3(CCC)CCC)CC1. The fourth-order valence-electron chi connectivity index (χ4n) is 5.69. The number of hydrogen-bond donors (Lipinski definition) is 0. The Morgan fingerprint density at radius 2 is 1.83 bits per heavy atom. The van der Waals surface area contributed by atoms with Crippen LogP contribution in [0.25, 0.3) is 10.8 Å². The van der Waals surface area contributed by atoms with Gasteiger partial charge in [0.25, 0.3) is 0 Å². The molecule has 0 saturated carbocycles. The molecule has 0 aromatic heterocycles. The first kappa shape index (κ1) is 20.2. The number of carbonyl (C=O) groups excluding carboxylic acids is 1. The normalized spacial score (nSPS) is 19.0. The highest BCUT2D eigenvalue weighted by Crippen LogP contribution is 2.49. The van der Waals surface area contributed by atoms with Crippen LogP contribution in [-0.2, 0) is 5.41 Å². The average Bonchev–Trinajstić information content (AvgIpc) is 2.88. The van der Waals surface area contributed by atoms with E-state index in [4.69, 9.17) is 0 Å². The van der Waals surface area contributed by atoms with E-state index in [9.17, 15) is 4.79 Å². The summed E-state index contributed by atoms with van der Waals surface area (Å²) in [5, 5.41) is 2.49. The van der Waals surface area contributed by atoms with Crippen LogP contribution in [0.2, 0.25) is 0 Å². The Morgan fingerprint density at radius 1 is 1.03 bits per heavy atom. The topological polar surface area (TPSA) is 23.6 Å². The lowest BCUT2D eigenvalue weighted by Gasteiger charge is -2.30. The fraction of sp³-hybridized carbons (Fsp3) is 0.500. The van der Waals surface area contributed by atoms with E-state index in [1.165, 1.54) is 22.0 Å². The molecule has 2 aliphatic rings. The summed E-state index contributed by atoms with van der Waals surface area (Å²) in [6.45, 7) is 13.5. The highest BCUT2D eigenvalue weighted by molar-refractivity contribution is 6.22. The maximum absolute atomic E-state index is 13.6. The van der Waals surface area contributed by atoms with Gasteiger partial charge in [-0.05, 0) is 36.3 Å². The van der Waals surface area contributed by atoms with Crippen molar-refractivity contribution in [3.8, 4) is 0 Å². The summed E-state index contributed by atoms with van der Waals surface area (Å²) in [6, 6.07) is 10.9. The monoisotopic (exact) mass is 390 g/mol. The van der Waals surface area contributed by atoms with Crippen LogP contribution in [-0.4, -0.2) is 43.4 Å². The van der Waals surface area contributed by atoms with Gasteiger partial charge in [-0.1, -0.05) is 57.0 Å². The Labute approximate surface area is 175 Å². The second kappa shape index (κ2) is 8.31. The highest BCUT2D eigenvalue weighted by atomic mass is 16.1. The molecule has 0 unspecified atom stereocenters. The summed E-state index contributed by atoms with van der Waals surface area (Å²) in [6.07, 6.45) is 7.13. The van der Waals surface area contributed by atoms with Gasteiger partial charge in [0.15, 0.2) is 5.78 Å². The lowest BCUT2D eigenvalue weighted by Crippen LogP contribution is -2.32. The van der Waals surface area contributed by atoms with Gasteiger partial charge in [0.1, 0.15) is 0 Å². The Hall–Kier alpha value is -2.13. The van der Waals surface area contributed by atoms with Gasteiger partial charge in [0, 0.05) is 49.4 Å². The second-order valence-electron chi connectivity index (χ2n) is 8.70. The summed E-state index contributed by atoms with van der Waals surface area (Å²) in [7, 11) is 0. The first-order valence-corrected chi connectivity index (χ1v) is 11.4. The molecule has 0 bridgehead atoms. The maximum atomic E-state index is 13.6. The van der Waals surface area contributed by atoms with Crippen LogP contribution in [0.1, 0.15) is 61.9 Å². The third-order valence-corrected chi connectivity index (χ3v) is 6.88. The Balaban J connectivity index is 1.78. The zero-order chi connectivity index (χ0) is 20.4. The number of rotatable bonds is 7. The molecule has 29 heavy (non-hydrogen) atoms. The van der Waals surface area contributed by atoms with E-state index in [0.717, 1.165) is 70.4 Å². The summed E-state index contributed by atoms with van der Waals surface area (Å²) < 4.78 is 0. The smallest absolute Gasteiger partial charge is 0.174 e. The van der Waals surface area contributed by atoms with Crippen LogP contribution in [0.3, 0.4) is 0 Å². The largest absolute Gasteiger partial charge is 0.370 e. The molecule has 3 nitrogen and oxygen atoms in total. The van der Waals surface area contributed by atoms with Crippen LogP contribution in [0.4, 0.5) is 5.69 Å². The van der Waals surface area contributed by atoms with E-state index in [2.05, 4.69) is 60.6 Å². The summed E-state index contributed by atoms with van der Waals surface area (Å²) in [5.74, 6) is 0.354. The maximum Gasteiger partial charge on any atom is 0.174 e. The average molecular weight is 391 g/mol. The third kappa shape index (κ3) is 3.30. The lowest BCUT2D eigenvalue weighted by atomic mass is 9.73. The van der Waals surface area contributed by atoms with Gasteiger partial charge in [-0.25, -0.2) is 0 Å². The molecule has 0 atom stereocenters. The number of carbonyl (C=O) groups is 1. The number of nitrogens with zero attached hydrogens (tertiary/aromatic N) is 2. The highest BCUT2D eigenvalue weighted by Gasteiger charge is 2.46. The van der Waals surface area contributed by atoms with Crippen molar-refractivity contribution in [1.82, 2.24) is 4.90 Å². The second-order valence-corrected chi connectivity index (χ2v) is 8.70. The molecular weight excluding hydrogens is 356 g/mol. The van der Waals surface area contributed by atoms with Gasteiger partial charge in [0.05, 0.1) is 5.41 Å². The first-order chi connectivity index (χ1) is 14.2. The number of Topliss-reactive ketones (excluding diaryl/α,β-unsaturated/α-hetero) is 1. The molecule has 0 amide bonds. The van der Waals surface area contributed by atoms with E-state index in [1.807, 2.05) is 6.08 Å². The molecule has 3 heteroatoms. The molecule has 0 N–H and O–H groups in total. The summed E-state index contributed by atoms with van der Waals surface area (Å²) in [5.41, 5.74) is 3.21. The minimum Gasteiger partial charge on any atom is -0.370 e. The van der Waals surface area contributed by atoms with Crippen molar-refractivity contribution >= 4 is 22.2 Å². The van der Waals surface area contributed by atoms with Crippen molar-refractivity contribution in [1.29, 1.82) is 0 Å². The van der Waals surface area contributed by atoms with E-state index in [1.54, 1.807) is 0 Å². The van der Waals surface area contributed by atoms with Gasteiger partial charge < -0.3 is 4.90 Å². The van der Waals surface area contributed by atoms with E-state index in [0.29, 0.717) is 5.78 Å². The predicted octanol–water partition coefficient (Wildman–Crippen LogP) is 5.57. The molecule has 2 aromatic rings. The van der Waals surface area contributed by atoms with Crippen molar-refractivity contribution in [2.24, 2.45) is 0 Å². The van der Waals surface area contributed by atoms with Gasteiger partial charge in [-0.15, -0.1) is 6.58 Å². The zero-order valence-electron chi connectivity index (χ0n) is 18.0. The van der Waals surface area contributed by atoms with Crippen molar-refractivity contribution in [3.05, 3.63) is 54.1 Å². The first-order valence-electron chi connectivity index (χ1n) is 11.4. The Morgan fingerprint density at radius 3 is 2.55 bits per heavy atom. The van der Waals surface area contributed by atoms with Gasteiger partial charge in [-0.3, -0.25) is 9.69 Å².